The molecule has 1 aliphatic carbocycles. The molecule has 62 heavy (non-hydrogen) atoms. The molecule has 6 rings (SSSR count). The highest BCUT2D eigenvalue weighted by atomic mass is 32.2. The van der Waals surface area contributed by atoms with Crippen molar-refractivity contribution < 1.29 is 36.0 Å². The summed E-state index contributed by atoms with van der Waals surface area (Å²) in [5.74, 6) is 6.30. The van der Waals surface area contributed by atoms with Crippen LogP contribution >= 0.6 is 0 Å². The lowest BCUT2D eigenvalue weighted by Gasteiger charge is -2.27. The van der Waals surface area contributed by atoms with Gasteiger partial charge in [0.15, 0.2) is 0 Å². The molecule has 0 radical (unpaired) electrons. The molecule has 328 valence electrons. The highest BCUT2D eigenvalue weighted by molar-refractivity contribution is 7.88. The van der Waals surface area contributed by atoms with Crippen molar-refractivity contribution in [1.29, 1.82) is 0 Å². The van der Waals surface area contributed by atoms with Crippen LogP contribution in [-0.4, -0.2) is 24.1 Å². The van der Waals surface area contributed by atoms with Gasteiger partial charge in [-0.25, -0.2) is 0 Å². The van der Waals surface area contributed by atoms with E-state index < -0.39 is 37.6 Å². The van der Waals surface area contributed by atoms with Gasteiger partial charge < -0.3 is 14.4 Å². The van der Waals surface area contributed by atoms with Gasteiger partial charge >= 0.3 is 15.6 Å². The molecule has 0 aromatic heterocycles. The third-order valence-corrected chi connectivity index (χ3v) is 12.6. The van der Waals surface area contributed by atoms with Crippen LogP contribution in [0.3, 0.4) is 0 Å². The van der Waals surface area contributed by atoms with Gasteiger partial charge in [-0.3, -0.25) is 0 Å². The molecule has 0 heterocycles. The standard InChI is InChI=1S/C53H59F3O5S/c1-49(2,3)41-24-33-20-35-26-42(50(4,5)6)28-37(46(35)57)22-39-30-44(52(10,11)12)31-40(48(39)61-62(59,60)53(54,55)56)23-38-29-43(51(7,8)9)27-36(47(38)58)21-34(25-41)45(33)19-18-32-16-14-13-15-17-32/h13-17,24-31,57-58H,20-23H2,1-12H3. The van der Waals surface area contributed by atoms with E-state index in [1.54, 1.807) is 12.1 Å². The average Bonchev–Trinajstić information content (AvgIpc) is 3.13. The number of halogens is 3. The number of phenolic OH excluding ortho intramolecular Hbond substituents is 2. The first kappa shape index (κ1) is 46.3. The van der Waals surface area contributed by atoms with E-state index in [-0.39, 0.29) is 53.7 Å². The molecule has 0 aliphatic heterocycles. The quantitative estimate of drug-likeness (QED) is 0.103. The Kier molecular flexibility index (Phi) is 12.1. The van der Waals surface area contributed by atoms with Gasteiger partial charge in [0.05, 0.1) is 0 Å². The second kappa shape index (κ2) is 16.2. The van der Waals surface area contributed by atoms with Gasteiger partial charge in [0.1, 0.15) is 17.2 Å². The molecule has 9 heteroatoms. The van der Waals surface area contributed by atoms with Gasteiger partial charge in [-0.1, -0.05) is 162 Å². The van der Waals surface area contributed by atoms with E-state index in [0.717, 1.165) is 38.9 Å². The van der Waals surface area contributed by atoms with Crippen molar-refractivity contribution in [3.8, 4) is 29.1 Å². The smallest absolute Gasteiger partial charge is 0.507 e. The van der Waals surface area contributed by atoms with Gasteiger partial charge in [0.25, 0.3) is 0 Å². The summed E-state index contributed by atoms with van der Waals surface area (Å²) < 4.78 is 73.8. The monoisotopic (exact) mass is 864 g/mol. The van der Waals surface area contributed by atoms with Gasteiger partial charge in [-0.05, 0) is 89.4 Å². The molecule has 0 amide bonds. The number of phenols is 2. The van der Waals surface area contributed by atoms with E-state index in [0.29, 0.717) is 27.8 Å². The molecule has 5 aromatic rings. The third kappa shape index (κ3) is 10.0. The second-order valence-electron chi connectivity index (χ2n) is 20.9. The van der Waals surface area contributed by atoms with Crippen LogP contribution in [0, 0.1) is 11.8 Å². The Morgan fingerprint density at radius 1 is 0.484 bits per heavy atom. The van der Waals surface area contributed by atoms with E-state index in [1.807, 2.05) is 117 Å². The van der Waals surface area contributed by atoms with Crippen molar-refractivity contribution in [3.05, 3.63) is 157 Å². The average molecular weight is 865 g/mol. The molecule has 1 aliphatic rings. The van der Waals surface area contributed by atoms with Crippen molar-refractivity contribution in [2.24, 2.45) is 0 Å². The Hall–Kier alpha value is -5.20. The first-order valence-corrected chi connectivity index (χ1v) is 22.4. The maximum Gasteiger partial charge on any atom is 0.534 e. The van der Waals surface area contributed by atoms with E-state index in [9.17, 15) is 31.8 Å². The Morgan fingerprint density at radius 2 is 0.790 bits per heavy atom. The van der Waals surface area contributed by atoms with Gasteiger partial charge in [0, 0.05) is 47.9 Å². The molecule has 0 unspecified atom stereocenters. The van der Waals surface area contributed by atoms with Crippen LogP contribution in [0.15, 0.2) is 78.9 Å². The Bertz CT molecular complexity index is 2590. The molecule has 2 N–H and O–H groups in total. The zero-order chi connectivity index (χ0) is 46.0. The maximum absolute atomic E-state index is 14.2. The van der Waals surface area contributed by atoms with E-state index in [2.05, 4.69) is 44.7 Å². The van der Waals surface area contributed by atoms with Crippen molar-refractivity contribution in [2.45, 2.75) is 136 Å². The van der Waals surface area contributed by atoms with Crippen LogP contribution in [-0.2, 0) is 57.5 Å². The fourth-order valence-corrected chi connectivity index (χ4v) is 8.28. The topological polar surface area (TPSA) is 83.8 Å². The zero-order valence-electron chi connectivity index (χ0n) is 38.0. The summed E-state index contributed by atoms with van der Waals surface area (Å²) in [4.78, 5) is 0. The lowest BCUT2D eigenvalue weighted by Crippen LogP contribution is -2.29. The molecule has 5 nitrogen and oxygen atoms in total. The van der Waals surface area contributed by atoms with Crippen molar-refractivity contribution in [3.63, 3.8) is 0 Å². The van der Waals surface area contributed by atoms with Crippen LogP contribution in [0.5, 0.6) is 17.2 Å². The Labute approximate surface area is 366 Å². The minimum absolute atomic E-state index is 0.0557. The highest BCUT2D eigenvalue weighted by Gasteiger charge is 2.49. The predicted octanol–water partition coefficient (Wildman–Crippen LogP) is 12.6. The molecule has 0 fully saturated rings. The fraction of sp³-hybridized carbons (Fsp3) is 0.396. The number of aromatic hydroxyl groups is 2. The molecule has 0 spiro atoms. The summed E-state index contributed by atoms with van der Waals surface area (Å²) in [6, 6.07) is 24.9. The molecule has 5 aromatic carbocycles. The number of benzene rings is 5. The van der Waals surface area contributed by atoms with Crippen LogP contribution in [0.25, 0.3) is 0 Å². The molecule has 0 atom stereocenters. The Balaban J connectivity index is 1.79. The SMILES string of the molecule is CC(C)(C)c1cc2c(O)c(c1)Cc1cc(C(C)(C)C)cc(c1OS(=O)(=O)C(F)(F)F)Cc1cc(C(C)(C)C)cc(c1O)Cc1cc(C(C)(C)C)cc(c1C#Cc1ccccc1)C2. The van der Waals surface area contributed by atoms with Crippen molar-refractivity contribution in [1.82, 2.24) is 0 Å². The van der Waals surface area contributed by atoms with Crippen LogP contribution in [0.2, 0.25) is 0 Å². The maximum atomic E-state index is 14.2. The first-order valence-electron chi connectivity index (χ1n) is 21.0. The Morgan fingerprint density at radius 3 is 1.11 bits per heavy atom. The fourth-order valence-electron chi connectivity index (χ4n) is 7.76. The summed E-state index contributed by atoms with van der Waals surface area (Å²) in [7, 11) is -6.15. The van der Waals surface area contributed by atoms with Gasteiger partial charge in [-0.15, -0.1) is 0 Å². The number of hydrogen-bond acceptors (Lipinski definition) is 5. The molecular weight excluding hydrogens is 806 g/mol. The van der Waals surface area contributed by atoms with Crippen LogP contribution in [0.4, 0.5) is 13.2 Å². The summed E-state index contributed by atoms with van der Waals surface area (Å²) in [5.41, 5.74) is 1.68. The van der Waals surface area contributed by atoms with Crippen LogP contribution in [0.1, 0.15) is 161 Å². The number of fused-ring (bicyclic) bond motifs is 8. The summed E-state index contributed by atoms with van der Waals surface area (Å²) >= 11 is 0. The van der Waals surface area contributed by atoms with Crippen molar-refractivity contribution in [2.75, 3.05) is 0 Å². The molecular formula is C53H59F3O5S. The second-order valence-corrected chi connectivity index (χ2v) is 22.4. The van der Waals surface area contributed by atoms with Crippen LogP contribution < -0.4 is 4.18 Å². The minimum Gasteiger partial charge on any atom is -0.507 e. The number of rotatable bonds is 2. The summed E-state index contributed by atoms with van der Waals surface area (Å²) in [5, 5.41) is 24.7. The lowest BCUT2D eigenvalue weighted by molar-refractivity contribution is -0.0500. The minimum atomic E-state index is -6.15. The lowest BCUT2D eigenvalue weighted by atomic mass is 9.78. The largest absolute Gasteiger partial charge is 0.534 e. The van der Waals surface area contributed by atoms with E-state index in [1.165, 1.54) is 0 Å². The predicted molar refractivity (Wildman–Crippen MR) is 243 cm³/mol. The highest BCUT2D eigenvalue weighted by Crippen LogP contribution is 2.43. The van der Waals surface area contributed by atoms with Crippen molar-refractivity contribution >= 4 is 10.1 Å². The summed E-state index contributed by atoms with van der Waals surface area (Å²) in [6.45, 7) is 24.6. The number of alkyl halides is 3. The molecule has 0 saturated carbocycles. The third-order valence-electron chi connectivity index (χ3n) is 11.6. The number of hydrogen-bond donors (Lipinski definition) is 2. The van der Waals surface area contributed by atoms with Gasteiger partial charge in [0.2, 0.25) is 0 Å². The van der Waals surface area contributed by atoms with E-state index in [4.69, 9.17) is 4.18 Å². The molecule has 0 saturated heterocycles. The normalized spacial score (nSPS) is 13.9. The summed E-state index contributed by atoms with van der Waals surface area (Å²) in [6.07, 6.45) is 0.179. The first-order chi connectivity index (χ1) is 28.4. The van der Waals surface area contributed by atoms with E-state index >= 15 is 0 Å². The van der Waals surface area contributed by atoms with Gasteiger partial charge in [-0.2, -0.15) is 21.6 Å². The molecule has 8 bridgehead atoms. The zero-order valence-corrected chi connectivity index (χ0v) is 38.8.